The standard InChI is InChI=1S/C25H32O/c1-3-5-20-6-10-22(11-7-20)24-14-16-25(17-15-24)23-12-8-21(9-13-23)19-26-18-4-2/h3,5,8-9,12-17,20,22H,4,6-7,10-11,18-19H2,1-2H3/b5-3+. The minimum atomic E-state index is 0.711. The predicted octanol–water partition coefficient (Wildman–Crippen LogP) is 7.13. The van der Waals surface area contributed by atoms with Crippen LogP contribution in [0.15, 0.2) is 60.7 Å². The van der Waals surface area contributed by atoms with Crippen LogP contribution in [0.2, 0.25) is 0 Å². The van der Waals surface area contributed by atoms with Crippen molar-refractivity contribution in [2.24, 2.45) is 5.92 Å². The summed E-state index contributed by atoms with van der Waals surface area (Å²) in [4.78, 5) is 0. The van der Waals surface area contributed by atoms with E-state index in [9.17, 15) is 0 Å². The molecule has 1 heteroatoms. The van der Waals surface area contributed by atoms with Gasteiger partial charge in [0, 0.05) is 6.61 Å². The molecule has 0 aliphatic heterocycles. The zero-order chi connectivity index (χ0) is 18.2. The lowest BCUT2D eigenvalue weighted by Gasteiger charge is -2.27. The molecule has 1 fully saturated rings. The first-order valence-corrected chi connectivity index (χ1v) is 10.2. The summed E-state index contributed by atoms with van der Waals surface area (Å²) in [6.07, 6.45) is 11.0. The van der Waals surface area contributed by atoms with E-state index in [1.165, 1.54) is 47.9 Å². The molecule has 0 heterocycles. The first-order chi connectivity index (χ1) is 12.8. The Labute approximate surface area is 159 Å². The largest absolute Gasteiger partial charge is 0.377 e. The number of benzene rings is 2. The van der Waals surface area contributed by atoms with Gasteiger partial charge in [0.15, 0.2) is 0 Å². The van der Waals surface area contributed by atoms with Gasteiger partial charge in [0.25, 0.3) is 0 Å². The van der Waals surface area contributed by atoms with Gasteiger partial charge in [-0.05, 0) is 73.1 Å². The van der Waals surface area contributed by atoms with E-state index in [2.05, 4.69) is 74.5 Å². The number of hydrogen-bond acceptors (Lipinski definition) is 1. The fraction of sp³-hybridized carbons (Fsp3) is 0.440. The number of allylic oxidation sites excluding steroid dienone is 2. The van der Waals surface area contributed by atoms with Gasteiger partial charge in [-0.25, -0.2) is 0 Å². The summed E-state index contributed by atoms with van der Waals surface area (Å²) < 4.78 is 5.62. The van der Waals surface area contributed by atoms with E-state index in [0.29, 0.717) is 6.61 Å². The highest BCUT2D eigenvalue weighted by Crippen LogP contribution is 2.36. The van der Waals surface area contributed by atoms with Crippen LogP contribution in [-0.4, -0.2) is 6.61 Å². The smallest absolute Gasteiger partial charge is 0.0716 e. The van der Waals surface area contributed by atoms with Gasteiger partial charge in [0.05, 0.1) is 6.61 Å². The Morgan fingerprint density at radius 2 is 1.50 bits per heavy atom. The van der Waals surface area contributed by atoms with Gasteiger partial charge >= 0.3 is 0 Å². The Hall–Kier alpha value is -1.86. The van der Waals surface area contributed by atoms with Crippen LogP contribution >= 0.6 is 0 Å². The molecule has 0 spiro atoms. The molecule has 0 radical (unpaired) electrons. The van der Waals surface area contributed by atoms with Crippen LogP contribution in [0.4, 0.5) is 0 Å². The third kappa shape index (κ3) is 5.08. The van der Waals surface area contributed by atoms with Crippen molar-refractivity contribution in [3.05, 3.63) is 71.8 Å². The van der Waals surface area contributed by atoms with Crippen LogP contribution in [0.3, 0.4) is 0 Å². The molecule has 0 bridgehead atoms. The van der Waals surface area contributed by atoms with Crippen molar-refractivity contribution in [3.8, 4) is 11.1 Å². The summed E-state index contributed by atoms with van der Waals surface area (Å²) in [6.45, 7) is 5.82. The zero-order valence-corrected chi connectivity index (χ0v) is 16.3. The molecule has 2 aromatic rings. The first kappa shape index (κ1) is 18.9. The second-order valence-electron chi connectivity index (χ2n) is 7.51. The molecule has 0 saturated heterocycles. The first-order valence-electron chi connectivity index (χ1n) is 10.2. The molecular weight excluding hydrogens is 316 g/mol. The Bertz CT molecular complexity index is 673. The molecule has 1 nitrogen and oxygen atoms in total. The molecular formula is C25H32O. The Kier molecular flexibility index (Phi) is 7.08. The number of hydrogen-bond donors (Lipinski definition) is 0. The molecule has 1 aliphatic rings. The maximum absolute atomic E-state index is 5.62. The number of ether oxygens (including phenoxy) is 1. The lowest BCUT2D eigenvalue weighted by atomic mass is 9.78. The summed E-state index contributed by atoms with van der Waals surface area (Å²) in [5.74, 6) is 1.54. The van der Waals surface area contributed by atoms with Gasteiger partial charge in [-0.15, -0.1) is 0 Å². The monoisotopic (exact) mass is 348 g/mol. The van der Waals surface area contributed by atoms with Gasteiger partial charge in [0.2, 0.25) is 0 Å². The average Bonchev–Trinajstić information content (AvgIpc) is 2.70. The van der Waals surface area contributed by atoms with Crippen molar-refractivity contribution >= 4 is 0 Å². The predicted molar refractivity (Wildman–Crippen MR) is 111 cm³/mol. The summed E-state index contributed by atoms with van der Waals surface area (Å²) in [5, 5.41) is 0. The molecule has 0 amide bonds. The van der Waals surface area contributed by atoms with E-state index in [-0.39, 0.29) is 0 Å². The van der Waals surface area contributed by atoms with E-state index in [0.717, 1.165) is 24.9 Å². The van der Waals surface area contributed by atoms with Crippen LogP contribution in [-0.2, 0) is 11.3 Å². The van der Waals surface area contributed by atoms with Gasteiger partial charge < -0.3 is 4.74 Å². The molecule has 138 valence electrons. The topological polar surface area (TPSA) is 9.23 Å². The normalized spacial score (nSPS) is 20.5. The second-order valence-corrected chi connectivity index (χ2v) is 7.51. The molecule has 0 unspecified atom stereocenters. The van der Waals surface area contributed by atoms with E-state index in [1.807, 2.05) is 0 Å². The quantitative estimate of drug-likeness (QED) is 0.382. The van der Waals surface area contributed by atoms with Crippen molar-refractivity contribution < 1.29 is 4.74 Å². The molecule has 1 aliphatic carbocycles. The Morgan fingerprint density at radius 3 is 2.08 bits per heavy atom. The molecule has 1 saturated carbocycles. The lowest BCUT2D eigenvalue weighted by Crippen LogP contribution is -2.11. The molecule has 0 aromatic heterocycles. The maximum atomic E-state index is 5.62. The van der Waals surface area contributed by atoms with Crippen molar-refractivity contribution in [3.63, 3.8) is 0 Å². The summed E-state index contributed by atoms with van der Waals surface area (Å²) in [5.41, 5.74) is 5.35. The molecule has 26 heavy (non-hydrogen) atoms. The average molecular weight is 349 g/mol. The Morgan fingerprint density at radius 1 is 0.885 bits per heavy atom. The van der Waals surface area contributed by atoms with Crippen LogP contribution in [0.25, 0.3) is 11.1 Å². The molecule has 0 N–H and O–H groups in total. The van der Waals surface area contributed by atoms with Gasteiger partial charge in [-0.3, -0.25) is 0 Å². The van der Waals surface area contributed by atoms with Crippen LogP contribution in [0, 0.1) is 5.92 Å². The van der Waals surface area contributed by atoms with E-state index < -0.39 is 0 Å². The van der Waals surface area contributed by atoms with Crippen molar-refractivity contribution in [1.29, 1.82) is 0 Å². The maximum Gasteiger partial charge on any atom is 0.0716 e. The Balaban J connectivity index is 1.59. The van der Waals surface area contributed by atoms with E-state index in [4.69, 9.17) is 4.74 Å². The highest BCUT2D eigenvalue weighted by molar-refractivity contribution is 5.64. The summed E-state index contributed by atoms with van der Waals surface area (Å²) in [6, 6.07) is 18.0. The summed E-state index contributed by atoms with van der Waals surface area (Å²) >= 11 is 0. The van der Waals surface area contributed by atoms with Gasteiger partial charge in [0.1, 0.15) is 0 Å². The molecule has 0 atom stereocenters. The molecule has 3 rings (SSSR count). The van der Waals surface area contributed by atoms with Crippen molar-refractivity contribution in [2.75, 3.05) is 6.61 Å². The van der Waals surface area contributed by atoms with Gasteiger partial charge in [-0.2, -0.15) is 0 Å². The van der Waals surface area contributed by atoms with Crippen molar-refractivity contribution in [2.45, 2.75) is 58.5 Å². The van der Waals surface area contributed by atoms with Gasteiger partial charge in [-0.1, -0.05) is 67.6 Å². The molecule has 2 aromatic carbocycles. The fourth-order valence-electron chi connectivity index (χ4n) is 3.99. The lowest BCUT2D eigenvalue weighted by molar-refractivity contribution is 0.121. The van der Waals surface area contributed by atoms with Crippen LogP contribution < -0.4 is 0 Å². The van der Waals surface area contributed by atoms with Crippen LogP contribution in [0.1, 0.15) is 63.0 Å². The third-order valence-electron chi connectivity index (χ3n) is 5.52. The minimum absolute atomic E-state index is 0.711. The van der Waals surface area contributed by atoms with Crippen molar-refractivity contribution in [1.82, 2.24) is 0 Å². The summed E-state index contributed by atoms with van der Waals surface area (Å²) in [7, 11) is 0. The third-order valence-corrected chi connectivity index (χ3v) is 5.52. The SMILES string of the molecule is C/C=C/C1CCC(c2ccc(-c3ccc(COCCC)cc3)cc2)CC1. The minimum Gasteiger partial charge on any atom is -0.377 e. The fourth-order valence-corrected chi connectivity index (χ4v) is 3.99. The van der Waals surface area contributed by atoms with E-state index >= 15 is 0 Å². The highest BCUT2D eigenvalue weighted by atomic mass is 16.5. The number of rotatable bonds is 7. The second kappa shape index (κ2) is 9.73. The van der Waals surface area contributed by atoms with E-state index in [1.54, 1.807) is 0 Å². The highest BCUT2D eigenvalue weighted by Gasteiger charge is 2.20. The zero-order valence-electron chi connectivity index (χ0n) is 16.3. The van der Waals surface area contributed by atoms with Crippen LogP contribution in [0.5, 0.6) is 0 Å².